The Morgan fingerprint density at radius 2 is 1.79 bits per heavy atom. The predicted octanol–water partition coefficient (Wildman–Crippen LogP) is 2.99. The Labute approximate surface area is 146 Å². The van der Waals surface area contributed by atoms with Crippen LogP contribution in [0.1, 0.15) is 64.7 Å². The second-order valence-electron chi connectivity index (χ2n) is 7.86. The van der Waals surface area contributed by atoms with E-state index < -0.39 is 5.97 Å². The summed E-state index contributed by atoms with van der Waals surface area (Å²) in [4.78, 5) is 27.6. The minimum atomic E-state index is -0.782. The lowest BCUT2D eigenvalue weighted by atomic mass is 9.83. The van der Waals surface area contributed by atoms with Crippen molar-refractivity contribution < 1.29 is 14.7 Å². The van der Waals surface area contributed by atoms with Crippen molar-refractivity contribution in [1.82, 2.24) is 9.80 Å². The van der Waals surface area contributed by atoms with Gasteiger partial charge in [0.2, 0.25) is 5.91 Å². The SMILES string of the molecule is CC(CC1CCCCC1)C(=O)N1CCCC(N(C)CC(=O)O)CC1. The molecule has 0 aromatic rings. The van der Waals surface area contributed by atoms with Gasteiger partial charge in [-0.2, -0.15) is 0 Å². The van der Waals surface area contributed by atoms with Crippen molar-refractivity contribution in [2.45, 2.75) is 70.8 Å². The zero-order chi connectivity index (χ0) is 17.5. The molecule has 0 radical (unpaired) electrons. The van der Waals surface area contributed by atoms with Crippen LogP contribution < -0.4 is 0 Å². The summed E-state index contributed by atoms with van der Waals surface area (Å²) in [5.41, 5.74) is 0. The molecule has 0 bridgehead atoms. The molecular weight excluding hydrogens is 304 g/mol. The molecule has 2 unspecified atom stereocenters. The van der Waals surface area contributed by atoms with E-state index in [9.17, 15) is 9.59 Å². The maximum absolute atomic E-state index is 12.8. The first kappa shape index (κ1) is 19.2. The van der Waals surface area contributed by atoms with E-state index in [1.165, 1.54) is 32.1 Å². The second-order valence-corrected chi connectivity index (χ2v) is 7.86. The van der Waals surface area contributed by atoms with Gasteiger partial charge in [-0.25, -0.2) is 0 Å². The molecule has 2 fully saturated rings. The Morgan fingerprint density at radius 1 is 1.08 bits per heavy atom. The van der Waals surface area contributed by atoms with E-state index in [1.807, 2.05) is 16.8 Å². The number of carbonyl (C=O) groups is 2. The number of hydrogen-bond acceptors (Lipinski definition) is 3. The summed E-state index contributed by atoms with van der Waals surface area (Å²) < 4.78 is 0. The summed E-state index contributed by atoms with van der Waals surface area (Å²) in [5, 5.41) is 8.95. The van der Waals surface area contributed by atoms with Gasteiger partial charge in [-0.05, 0) is 38.6 Å². The number of aliphatic carboxylic acids is 1. The third-order valence-corrected chi connectivity index (χ3v) is 5.85. The van der Waals surface area contributed by atoms with Crippen LogP contribution in [0.15, 0.2) is 0 Å². The number of rotatable bonds is 6. The van der Waals surface area contributed by atoms with Crippen LogP contribution in [0.5, 0.6) is 0 Å². The van der Waals surface area contributed by atoms with E-state index in [2.05, 4.69) is 6.92 Å². The van der Waals surface area contributed by atoms with Crippen molar-refractivity contribution in [2.24, 2.45) is 11.8 Å². The third kappa shape index (κ3) is 5.76. The van der Waals surface area contributed by atoms with Crippen LogP contribution in [-0.2, 0) is 9.59 Å². The Bertz CT molecular complexity index is 421. The number of likely N-dealkylation sites (tertiary alicyclic amines) is 1. The monoisotopic (exact) mass is 338 g/mol. The largest absolute Gasteiger partial charge is 0.480 e. The van der Waals surface area contributed by atoms with Crippen molar-refractivity contribution in [3.8, 4) is 0 Å². The third-order valence-electron chi connectivity index (χ3n) is 5.85. The lowest BCUT2D eigenvalue weighted by Gasteiger charge is -2.29. The number of likely N-dealkylation sites (N-methyl/N-ethyl adjacent to an activating group) is 1. The smallest absolute Gasteiger partial charge is 0.317 e. The number of amides is 1. The molecule has 1 aliphatic heterocycles. The summed E-state index contributed by atoms with van der Waals surface area (Å²) in [5.74, 6) is 0.387. The number of carbonyl (C=O) groups excluding carboxylic acids is 1. The Hall–Kier alpha value is -1.10. The van der Waals surface area contributed by atoms with Gasteiger partial charge >= 0.3 is 5.97 Å². The fraction of sp³-hybridized carbons (Fsp3) is 0.895. The Kier molecular flexibility index (Phi) is 7.53. The van der Waals surface area contributed by atoms with Gasteiger partial charge in [-0.3, -0.25) is 14.5 Å². The molecule has 1 amide bonds. The number of carboxylic acids is 1. The first-order chi connectivity index (χ1) is 11.5. The number of hydrogen-bond donors (Lipinski definition) is 1. The van der Waals surface area contributed by atoms with Crippen LogP contribution in [-0.4, -0.2) is 59.5 Å². The lowest BCUT2D eigenvalue weighted by Crippen LogP contribution is -2.39. The molecule has 1 heterocycles. The van der Waals surface area contributed by atoms with Gasteiger partial charge in [0.15, 0.2) is 0 Å². The highest BCUT2D eigenvalue weighted by Crippen LogP contribution is 2.30. The molecule has 1 N–H and O–H groups in total. The van der Waals surface area contributed by atoms with E-state index in [4.69, 9.17) is 5.11 Å². The minimum absolute atomic E-state index is 0.0801. The van der Waals surface area contributed by atoms with Crippen molar-refractivity contribution in [3.05, 3.63) is 0 Å². The Morgan fingerprint density at radius 3 is 2.46 bits per heavy atom. The lowest BCUT2D eigenvalue weighted by molar-refractivity contribution is -0.139. The fourth-order valence-electron chi connectivity index (χ4n) is 4.42. The molecule has 5 nitrogen and oxygen atoms in total. The summed E-state index contributed by atoms with van der Waals surface area (Å²) in [6.45, 7) is 3.76. The van der Waals surface area contributed by atoms with Gasteiger partial charge in [-0.1, -0.05) is 39.0 Å². The minimum Gasteiger partial charge on any atom is -0.480 e. The van der Waals surface area contributed by atoms with Crippen LogP contribution in [0.2, 0.25) is 0 Å². The van der Waals surface area contributed by atoms with E-state index in [0.29, 0.717) is 5.91 Å². The number of nitrogens with zero attached hydrogens (tertiary/aromatic N) is 2. The van der Waals surface area contributed by atoms with Crippen LogP contribution in [0.3, 0.4) is 0 Å². The molecular formula is C19H34N2O3. The van der Waals surface area contributed by atoms with E-state index in [-0.39, 0.29) is 18.5 Å². The van der Waals surface area contributed by atoms with E-state index in [1.54, 1.807) is 0 Å². The van der Waals surface area contributed by atoms with Crippen LogP contribution >= 0.6 is 0 Å². The average Bonchev–Trinajstić information content (AvgIpc) is 2.80. The van der Waals surface area contributed by atoms with Gasteiger partial charge in [-0.15, -0.1) is 0 Å². The summed E-state index contributed by atoms with van der Waals surface area (Å²) in [6, 6.07) is 0.271. The van der Waals surface area contributed by atoms with Gasteiger partial charge in [0, 0.05) is 25.0 Å². The van der Waals surface area contributed by atoms with E-state index >= 15 is 0 Å². The molecule has 0 aromatic carbocycles. The highest BCUT2D eigenvalue weighted by Gasteiger charge is 2.28. The van der Waals surface area contributed by atoms with Crippen molar-refractivity contribution in [2.75, 3.05) is 26.7 Å². The van der Waals surface area contributed by atoms with Crippen molar-refractivity contribution in [1.29, 1.82) is 0 Å². The quantitative estimate of drug-likeness (QED) is 0.809. The zero-order valence-electron chi connectivity index (χ0n) is 15.4. The summed E-state index contributed by atoms with van der Waals surface area (Å²) in [6.07, 6.45) is 10.5. The van der Waals surface area contributed by atoms with Gasteiger partial charge in [0.1, 0.15) is 0 Å². The maximum atomic E-state index is 12.8. The van der Waals surface area contributed by atoms with E-state index in [0.717, 1.165) is 44.7 Å². The molecule has 1 saturated heterocycles. The average molecular weight is 338 g/mol. The molecule has 1 saturated carbocycles. The zero-order valence-corrected chi connectivity index (χ0v) is 15.4. The molecule has 1 aliphatic carbocycles. The highest BCUT2D eigenvalue weighted by atomic mass is 16.4. The van der Waals surface area contributed by atoms with Gasteiger partial charge in [0.05, 0.1) is 6.54 Å². The second kappa shape index (κ2) is 9.40. The first-order valence-corrected chi connectivity index (χ1v) is 9.68. The summed E-state index contributed by atoms with van der Waals surface area (Å²) in [7, 11) is 1.88. The molecule has 5 heteroatoms. The molecule has 0 spiro atoms. The molecule has 2 aliphatic rings. The Balaban J connectivity index is 1.81. The predicted molar refractivity (Wildman–Crippen MR) is 94.8 cm³/mol. The molecule has 138 valence electrons. The van der Waals surface area contributed by atoms with Crippen LogP contribution in [0.4, 0.5) is 0 Å². The highest BCUT2D eigenvalue weighted by molar-refractivity contribution is 5.78. The van der Waals surface area contributed by atoms with Gasteiger partial charge < -0.3 is 10.0 Å². The fourth-order valence-corrected chi connectivity index (χ4v) is 4.42. The standard InChI is InChI=1S/C19H34N2O3/c1-15(13-16-7-4-3-5-8-16)19(24)21-11-6-9-17(10-12-21)20(2)14-18(22)23/h15-17H,3-14H2,1-2H3,(H,22,23). The molecule has 24 heavy (non-hydrogen) atoms. The van der Waals surface area contributed by atoms with Gasteiger partial charge in [0.25, 0.3) is 0 Å². The van der Waals surface area contributed by atoms with Crippen molar-refractivity contribution >= 4 is 11.9 Å². The van der Waals surface area contributed by atoms with Crippen molar-refractivity contribution in [3.63, 3.8) is 0 Å². The molecule has 2 rings (SSSR count). The molecule has 0 aromatic heterocycles. The molecule has 2 atom stereocenters. The number of carboxylic acid groups (broad SMARTS) is 1. The summed E-state index contributed by atoms with van der Waals surface area (Å²) >= 11 is 0. The topological polar surface area (TPSA) is 60.9 Å². The first-order valence-electron chi connectivity index (χ1n) is 9.68. The maximum Gasteiger partial charge on any atom is 0.317 e. The van der Waals surface area contributed by atoms with Crippen LogP contribution in [0, 0.1) is 11.8 Å². The van der Waals surface area contributed by atoms with Crippen LogP contribution in [0.25, 0.3) is 0 Å². The normalized spacial score (nSPS) is 24.6.